The Morgan fingerprint density at radius 2 is 1.57 bits per heavy atom. The van der Waals surface area contributed by atoms with Crippen molar-refractivity contribution in [2.24, 2.45) is 0 Å². The lowest BCUT2D eigenvalue weighted by molar-refractivity contribution is -0.140. The molecule has 0 spiro atoms. The highest BCUT2D eigenvalue weighted by Crippen LogP contribution is 2.27. The highest BCUT2D eigenvalue weighted by Gasteiger charge is 2.33. The van der Waals surface area contributed by atoms with Gasteiger partial charge in [0.1, 0.15) is 18.2 Å². The van der Waals surface area contributed by atoms with Crippen LogP contribution in [0, 0.1) is 0 Å². The largest absolute Gasteiger partial charge is 0.444 e. The molecule has 3 rings (SSSR count). The Morgan fingerprint density at radius 3 is 2.16 bits per heavy atom. The number of hydrogen-bond acceptors (Lipinski definition) is 4. The van der Waals surface area contributed by atoms with Crippen LogP contribution in [0.5, 0.6) is 0 Å². The van der Waals surface area contributed by atoms with Gasteiger partial charge in [0.15, 0.2) is 0 Å². The number of alkyl carbamates (subject to hydrolysis) is 1. The minimum absolute atomic E-state index is 0.292. The molecule has 0 saturated heterocycles. The Morgan fingerprint density at radius 1 is 0.919 bits per heavy atom. The molecule has 0 aromatic heterocycles. The number of rotatable bonds is 8. The number of benzene rings is 3. The van der Waals surface area contributed by atoms with Crippen LogP contribution in [0.4, 0.5) is 10.5 Å². The first kappa shape index (κ1) is 27.7. The lowest BCUT2D eigenvalue weighted by Crippen LogP contribution is -2.49. The van der Waals surface area contributed by atoms with Gasteiger partial charge >= 0.3 is 6.09 Å². The zero-order chi connectivity index (χ0) is 27.2. The van der Waals surface area contributed by atoms with Gasteiger partial charge in [-0.2, -0.15) is 0 Å². The molecule has 1 unspecified atom stereocenters. The van der Waals surface area contributed by atoms with Crippen LogP contribution < -0.4 is 10.6 Å². The molecule has 2 N–H and O–H groups in total. The fraction of sp³-hybridized carbons (Fsp3) is 0.367. The molecule has 37 heavy (non-hydrogen) atoms. The molecule has 196 valence electrons. The van der Waals surface area contributed by atoms with Gasteiger partial charge < -0.3 is 20.3 Å². The Bertz CT molecular complexity index is 1250. The van der Waals surface area contributed by atoms with Crippen molar-refractivity contribution in [1.29, 1.82) is 0 Å². The van der Waals surface area contributed by atoms with Gasteiger partial charge in [0.25, 0.3) is 5.91 Å². The fourth-order valence-corrected chi connectivity index (χ4v) is 4.13. The third kappa shape index (κ3) is 7.56. The van der Waals surface area contributed by atoms with E-state index in [1.165, 1.54) is 4.90 Å². The molecule has 0 saturated carbocycles. The lowest BCUT2D eigenvalue weighted by Gasteiger charge is -2.35. The van der Waals surface area contributed by atoms with Crippen LogP contribution in [0.2, 0.25) is 0 Å². The molecule has 0 aliphatic rings. The molecule has 0 radical (unpaired) electrons. The maximum atomic E-state index is 13.8. The summed E-state index contributed by atoms with van der Waals surface area (Å²) in [7, 11) is 0. The van der Waals surface area contributed by atoms with Crippen LogP contribution >= 0.6 is 0 Å². The van der Waals surface area contributed by atoms with Crippen LogP contribution in [-0.4, -0.2) is 41.0 Å². The van der Waals surface area contributed by atoms with Crippen molar-refractivity contribution in [3.63, 3.8) is 0 Å². The van der Waals surface area contributed by atoms with Crippen LogP contribution in [0.3, 0.4) is 0 Å². The first-order chi connectivity index (χ1) is 17.5. The van der Waals surface area contributed by atoms with Crippen LogP contribution in [0.15, 0.2) is 66.7 Å². The highest BCUT2D eigenvalue weighted by atomic mass is 16.6. The molecular weight excluding hydrogens is 466 g/mol. The van der Waals surface area contributed by atoms with Crippen molar-refractivity contribution in [2.45, 2.75) is 65.6 Å². The van der Waals surface area contributed by atoms with E-state index in [4.69, 9.17) is 4.74 Å². The molecule has 0 aliphatic heterocycles. The van der Waals surface area contributed by atoms with Gasteiger partial charge in [-0.25, -0.2) is 4.79 Å². The number of hydrogen-bond donors (Lipinski definition) is 2. The zero-order valence-corrected chi connectivity index (χ0v) is 22.5. The molecule has 3 amide bonds. The Labute approximate surface area is 219 Å². The Balaban J connectivity index is 1.90. The average Bonchev–Trinajstić information content (AvgIpc) is 2.84. The number of amides is 3. The maximum absolute atomic E-state index is 13.8. The number of anilines is 1. The van der Waals surface area contributed by atoms with Crippen molar-refractivity contribution in [3.05, 3.63) is 77.9 Å². The summed E-state index contributed by atoms with van der Waals surface area (Å²) in [6.07, 6.45) is 0.176. The SMILES string of the molecule is CCc1ccc(C(C(=O)Nc2ccc3ccccc3c2)N(C(=O)CNC(=O)OC(C)(C)C)C(C)C)cc1. The van der Waals surface area contributed by atoms with Crippen molar-refractivity contribution in [3.8, 4) is 0 Å². The van der Waals surface area contributed by atoms with Crippen molar-refractivity contribution in [2.75, 3.05) is 11.9 Å². The number of nitrogens with zero attached hydrogens (tertiary/aromatic N) is 1. The van der Waals surface area contributed by atoms with E-state index >= 15 is 0 Å². The first-order valence-corrected chi connectivity index (χ1v) is 12.6. The van der Waals surface area contributed by atoms with Gasteiger partial charge in [-0.1, -0.05) is 61.5 Å². The summed E-state index contributed by atoms with van der Waals surface area (Å²) in [5, 5.41) is 7.60. The highest BCUT2D eigenvalue weighted by molar-refractivity contribution is 6.00. The molecule has 7 nitrogen and oxygen atoms in total. The second kappa shape index (κ2) is 11.9. The number of ether oxygens (including phenoxy) is 1. The van der Waals surface area contributed by atoms with E-state index in [0.717, 1.165) is 22.8 Å². The lowest BCUT2D eigenvalue weighted by atomic mass is 10.00. The number of aryl methyl sites for hydroxylation is 1. The zero-order valence-electron chi connectivity index (χ0n) is 22.5. The van der Waals surface area contributed by atoms with Gasteiger partial charge in [-0.15, -0.1) is 0 Å². The molecule has 3 aromatic rings. The molecule has 7 heteroatoms. The topological polar surface area (TPSA) is 87.7 Å². The van der Waals surface area contributed by atoms with E-state index in [1.54, 1.807) is 20.8 Å². The Hall–Kier alpha value is -3.87. The summed E-state index contributed by atoms with van der Waals surface area (Å²) < 4.78 is 5.26. The van der Waals surface area contributed by atoms with Crippen LogP contribution in [0.25, 0.3) is 10.8 Å². The summed E-state index contributed by atoms with van der Waals surface area (Å²) in [5.41, 5.74) is 1.77. The van der Waals surface area contributed by atoms with E-state index in [1.807, 2.05) is 80.6 Å². The molecule has 0 aliphatic carbocycles. The van der Waals surface area contributed by atoms with Crippen LogP contribution in [-0.2, 0) is 20.7 Å². The van der Waals surface area contributed by atoms with Gasteiger partial charge in [0, 0.05) is 11.7 Å². The van der Waals surface area contributed by atoms with E-state index in [-0.39, 0.29) is 24.4 Å². The first-order valence-electron chi connectivity index (χ1n) is 12.6. The van der Waals surface area contributed by atoms with Crippen molar-refractivity contribution >= 4 is 34.4 Å². The van der Waals surface area contributed by atoms with E-state index in [2.05, 4.69) is 17.6 Å². The molecule has 0 bridgehead atoms. The molecule has 0 fully saturated rings. The summed E-state index contributed by atoms with van der Waals surface area (Å²) in [6.45, 7) is 10.7. The number of nitrogens with one attached hydrogen (secondary N) is 2. The second-order valence-corrected chi connectivity index (χ2v) is 10.3. The number of fused-ring (bicyclic) bond motifs is 1. The predicted octanol–water partition coefficient (Wildman–Crippen LogP) is 5.84. The third-order valence-electron chi connectivity index (χ3n) is 5.87. The maximum Gasteiger partial charge on any atom is 0.408 e. The van der Waals surface area contributed by atoms with Gasteiger partial charge in [0.2, 0.25) is 5.91 Å². The van der Waals surface area contributed by atoms with Gasteiger partial charge in [-0.3, -0.25) is 9.59 Å². The van der Waals surface area contributed by atoms with E-state index < -0.39 is 17.7 Å². The van der Waals surface area contributed by atoms with Gasteiger partial charge in [0.05, 0.1) is 0 Å². The quantitative estimate of drug-likeness (QED) is 0.404. The summed E-state index contributed by atoms with van der Waals surface area (Å²) in [5.74, 6) is -0.724. The number of carbonyl (C=O) groups excluding carboxylic acids is 3. The van der Waals surface area contributed by atoms with Gasteiger partial charge in [-0.05, 0) is 75.1 Å². The minimum atomic E-state index is -0.898. The molecule has 0 heterocycles. The van der Waals surface area contributed by atoms with Crippen molar-refractivity contribution in [1.82, 2.24) is 10.2 Å². The second-order valence-electron chi connectivity index (χ2n) is 10.3. The molecule has 3 aromatic carbocycles. The monoisotopic (exact) mass is 503 g/mol. The summed E-state index contributed by atoms with van der Waals surface area (Å²) >= 11 is 0. The number of carbonyl (C=O) groups is 3. The predicted molar refractivity (Wildman–Crippen MR) is 147 cm³/mol. The standard InChI is InChI=1S/C30H37N3O4/c1-7-21-12-14-23(15-13-21)27(28(35)32-25-17-16-22-10-8-9-11-24(22)18-25)33(20(2)3)26(34)19-31-29(36)37-30(4,5)6/h8-18,20,27H,7,19H2,1-6H3,(H,31,36)(H,32,35). The molecule has 1 atom stereocenters. The van der Waals surface area contributed by atoms with E-state index in [9.17, 15) is 14.4 Å². The third-order valence-corrected chi connectivity index (χ3v) is 5.87. The summed E-state index contributed by atoms with van der Waals surface area (Å²) in [4.78, 5) is 40.8. The fourth-order valence-electron chi connectivity index (χ4n) is 4.13. The average molecular weight is 504 g/mol. The molecular formula is C30H37N3O4. The summed E-state index contributed by atoms with van der Waals surface area (Å²) in [6, 6.07) is 20.1. The minimum Gasteiger partial charge on any atom is -0.444 e. The Kier molecular flexibility index (Phi) is 8.92. The van der Waals surface area contributed by atoms with Crippen LogP contribution in [0.1, 0.15) is 58.7 Å². The van der Waals surface area contributed by atoms with E-state index in [0.29, 0.717) is 11.3 Å². The normalized spacial score (nSPS) is 12.2. The van der Waals surface area contributed by atoms with Crippen molar-refractivity contribution < 1.29 is 19.1 Å². The smallest absolute Gasteiger partial charge is 0.408 e.